The molecule has 5 nitrogen and oxygen atoms in total. The molecule has 1 atom stereocenters. The van der Waals surface area contributed by atoms with Crippen molar-refractivity contribution in [1.29, 1.82) is 0 Å². The van der Waals surface area contributed by atoms with Gasteiger partial charge in [-0.25, -0.2) is 0 Å². The summed E-state index contributed by atoms with van der Waals surface area (Å²) in [7, 11) is 0. The lowest BCUT2D eigenvalue weighted by molar-refractivity contribution is 0.0634. The minimum absolute atomic E-state index is 0.0938. The maximum Gasteiger partial charge on any atom is 0.254 e. The monoisotopic (exact) mass is 314 g/mol. The summed E-state index contributed by atoms with van der Waals surface area (Å²) in [5.74, 6) is -0.0448. The number of aryl methyl sites for hydroxylation is 2. The maximum absolute atomic E-state index is 12.7. The normalized spacial score (nSPS) is 12.0. The standard InChI is InChI=1S/C18H22N2O3/c1-4-20(11-17(22)14-6-5-7-16(21)10-14)18(23)15-8-12(2)19-13(3)9-15/h5-10,17,21-22H,4,11H2,1-3H3. The minimum Gasteiger partial charge on any atom is -0.508 e. The molecule has 0 radical (unpaired) electrons. The molecule has 122 valence electrons. The van der Waals surface area contributed by atoms with E-state index < -0.39 is 6.10 Å². The molecule has 0 fully saturated rings. The summed E-state index contributed by atoms with van der Waals surface area (Å²) >= 11 is 0. The second-order valence-electron chi connectivity index (χ2n) is 5.59. The van der Waals surface area contributed by atoms with Gasteiger partial charge in [0.1, 0.15) is 5.75 Å². The Labute approximate surface area is 136 Å². The number of carbonyl (C=O) groups excluding carboxylic acids is 1. The Morgan fingerprint density at radius 3 is 2.43 bits per heavy atom. The zero-order chi connectivity index (χ0) is 17.0. The first-order valence-electron chi connectivity index (χ1n) is 7.62. The van der Waals surface area contributed by atoms with Crippen molar-refractivity contribution in [3.8, 4) is 5.75 Å². The number of phenols is 1. The lowest BCUT2D eigenvalue weighted by atomic mass is 10.1. The number of aromatic hydroxyl groups is 1. The molecule has 0 spiro atoms. The Bertz CT molecular complexity index is 680. The summed E-state index contributed by atoms with van der Waals surface area (Å²) < 4.78 is 0. The van der Waals surface area contributed by atoms with Gasteiger partial charge in [0.15, 0.2) is 0 Å². The number of amides is 1. The number of aliphatic hydroxyl groups excluding tert-OH is 1. The van der Waals surface area contributed by atoms with Crippen molar-refractivity contribution in [3.05, 3.63) is 58.9 Å². The van der Waals surface area contributed by atoms with Gasteiger partial charge >= 0.3 is 0 Å². The van der Waals surface area contributed by atoms with Gasteiger partial charge in [-0.2, -0.15) is 0 Å². The number of carbonyl (C=O) groups is 1. The van der Waals surface area contributed by atoms with Crippen molar-refractivity contribution in [2.24, 2.45) is 0 Å². The maximum atomic E-state index is 12.7. The number of phenolic OH excluding ortho intramolecular Hbond substituents is 1. The van der Waals surface area contributed by atoms with E-state index in [0.717, 1.165) is 11.4 Å². The molecule has 0 aliphatic rings. The van der Waals surface area contributed by atoms with E-state index in [1.165, 1.54) is 6.07 Å². The zero-order valence-corrected chi connectivity index (χ0v) is 13.7. The molecule has 1 heterocycles. The molecule has 1 unspecified atom stereocenters. The van der Waals surface area contributed by atoms with Crippen LogP contribution in [0, 0.1) is 13.8 Å². The van der Waals surface area contributed by atoms with E-state index in [1.807, 2.05) is 20.8 Å². The van der Waals surface area contributed by atoms with Gasteiger partial charge < -0.3 is 15.1 Å². The molecule has 0 saturated heterocycles. The smallest absolute Gasteiger partial charge is 0.254 e. The number of hydrogen-bond acceptors (Lipinski definition) is 4. The van der Waals surface area contributed by atoms with Crippen molar-refractivity contribution in [2.45, 2.75) is 26.9 Å². The van der Waals surface area contributed by atoms with Gasteiger partial charge in [0.2, 0.25) is 0 Å². The minimum atomic E-state index is -0.852. The Morgan fingerprint density at radius 1 is 1.22 bits per heavy atom. The number of pyridine rings is 1. The molecule has 2 rings (SSSR count). The lowest BCUT2D eigenvalue weighted by Crippen LogP contribution is -2.34. The third-order valence-electron chi connectivity index (χ3n) is 3.65. The fraction of sp³-hybridized carbons (Fsp3) is 0.333. The van der Waals surface area contributed by atoms with Crippen LogP contribution in [0.5, 0.6) is 5.75 Å². The molecule has 0 saturated carbocycles. The average Bonchev–Trinajstić information content (AvgIpc) is 2.50. The highest BCUT2D eigenvalue weighted by molar-refractivity contribution is 5.94. The second kappa shape index (κ2) is 7.24. The summed E-state index contributed by atoms with van der Waals surface area (Å²) in [6, 6.07) is 9.94. The van der Waals surface area contributed by atoms with Crippen LogP contribution in [0.3, 0.4) is 0 Å². The Morgan fingerprint density at radius 2 is 1.87 bits per heavy atom. The van der Waals surface area contributed by atoms with Gasteiger partial charge in [-0.05, 0) is 50.6 Å². The van der Waals surface area contributed by atoms with Gasteiger partial charge in [-0.1, -0.05) is 12.1 Å². The van der Waals surface area contributed by atoms with E-state index >= 15 is 0 Å². The van der Waals surface area contributed by atoms with Gasteiger partial charge in [0.25, 0.3) is 5.91 Å². The number of hydrogen-bond donors (Lipinski definition) is 2. The van der Waals surface area contributed by atoms with E-state index in [-0.39, 0.29) is 18.2 Å². The first kappa shape index (κ1) is 17.0. The Kier molecular flexibility index (Phi) is 5.34. The summed E-state index contributed by atoms with van der Waals surface area (Å²) in [5, 5.41) is 19.8. The van der Waals surface area contributed by atoms with Crippen LogP contribution in [0.4, 0.5) is 0 Å². The molecule has 0 aliphatic heterocycles. The summed E-state index contributed by atoms with van der Waals surface area (Å²) in [5.41, 5.74) is 2.73. The molecular formula is C18H22N2O3. The molecule has 0 bridgehead atoms. The second-order valence-corrected chi connectivity index (χ2v) is 5.59. The topological polar surface area (TPSA) is 73.7 Å². The highest BCUT2D eigenvalue weighted by Gasteiger charge is 2.19. The van der Waals surface area contributed by atoms with E-state index in [2.05, 4.69) is 4.98 Å². The number of rotatable bonds is 5. The average molecular weight is 314 g/mol. The molecular weight excluding hydrogens is 292 g/mol. The van der Waals surface area contributed by atoms with Crippen LogP contribution in [0.15, 0.2) is 36.4 Å². The van der Waals surface area contributed by atoms with E-state index in [1.54, 1.807) is 35.2 Å². The quantitative estimate of drug-likeness (QED) is 0.889. The van der Waals surface area contributed by atoms with Crippen LogP contribution >= 0.6 is 0 Å². The van der Waals surface area contributed by atoms with E-state index in [9.17, 15) is 15.0 Å². The largest absolute Gasteiger partial charge is 0.508 e. The SMILES string of the molecule is CCN(CC(O)c1cccc(O)c1)C(=O)c1cc(C)nc(C)c1. The third-order valence-corrected chi connectivity index (χ3v) is 3.65. The Hall–Kier alpha value is -2.40. The highest BCUT2D eigenvalue weighted by atomic mass is 16.3. The molecule has 5 heteroatoms. The number of aliphatic hydroxyl groups is 1. The van der Waals surface area contributed by atoms with Crippen molar-refractivity contribution in [1.82, 2.24) is 9.88 Å². The van der Waals surface area contributed by atoms with Crippen molar-refractivity contribution in [3.63, 3.8) is 0 Å². The van der Waals surface area contributed by atoms with Crippen LogP contribution in [0.1, 0.15) is 40.3 Å². The van der Waals surface area contributed by atoms with Crippen molar-refractivity contribution in [2.75, 3.05) is 13.1 Å². The number of nitrogens with zero attached hydrogens (tertiary/aromatic N) is 2. The lowest BCUT2D eigenvalue weighted by Gasteiger charge is -2.24. The van der Waals surface area contributed by atoms with Crippen molar-refractivity contribution < 1.29 is 15.0 Å². The van der Waals surface area contributed by atoms with Gasteiger partial charge in [-0.15, -0.1) is 0 Å². The number of benzene rings is 1. The predicted octanol–water partition coefficient (Wildman–Crippen LogP) is 2.60. The van der Waals surface area contributed by atoms with Crippen LogP contribution in [-0.4, -0.2) is 39.1 Å². The van der Waals surface area contributed by atoms with E-state index in [0.29, 0.717) is 17.7 Å². The number of likely N-dealkylation sites (N-methyl/N-ethyl adjacent to an activating group) is 1. The highest BCUT2D eigenvalue weighted by Crippen LogP contribution is 2.20. The fourth-order valence-electron chi connectivity index (χ4n) is 2.54. The third kappa shape index (κ3) is 4.29. The first-order chi connectivity index (χ1) is 10.9. The number of aromatic nitrogens is 1. The molecule has 23 heavy (non-hydrogen) atoms. The van der Waals surface area contributed by atoms with Crippen LogP contribution in [-0.2, 0) is 0 Å². The Balaban J connectivity index is 2.17. The van der Waals surface area contributed by atoms with Crippen LogP contribution in [0.2, 0.25) is 0 Å². The predicted molar refractivity (Wildman–Crippen MR) is 88.4 cm³/mol. The van der Waals surface area contributed by atoms with Gasteiger partial charge in [0, 0.05) is 23.5 Å². The summed E-state index contributed by atoms with van der Waals surface area (Å²) in [4.78, 5) is 18.5. The van der Waals surface area contributed by atoms with Crippen LogP contribution in [0.25, 0.3) is 0 Å². The zero-order valence-electron chi connectivity index (χ0n) is 13.7. The molecule has 0 aliphatic carbocycles. The van der Waals surface area contributed by atoms with Gasteiger partial charge in [-0.3, -0.25) is 9.78 Å². The molecule has 2 aromatic rings. The summed E-state index contributed by atoms with van der Waals surface area (Å²) in [6.07, 6.45) is -0.852. The molecule has 2 N–H and O–H groups in total. The molecule has 1 aromatic heterocycles. The van der Waals surface area contributed by atoms with Crippen molar-refractivity contribution >= 4 is 5.91 Å². The fourth-order valence-corrected chi connectivity index (χ4v) is 2.54. The van der Waals surface area contributed by atoms with Gasteiger partial charge in [0.05, 0.1) is 12.6 Å². The summed E-state index contributed by atoms with van der Waals surface area (Å²) in [6.45, 7) is 6.21. The molecule has 1 aromatic carbocycles. The van der Waals surface area contributed by atoms with Crippen LogP contribution < -0.4 is 0 Å². The van der Waals surface area contributed by atoms with E-state index in [4.69, 9.17) is 0 Å². The molecule has 1 amide bonds. The first-order valence-corrected chi connectivity index (χ1v) is 7.62.